The molecular formula is C21H19N3O3. The van der Waals surface area contributed by atoms with Crippen molar-refractivity contribution in [2.75, 3.05) is 11.9 Å². The molecule has 0 unspecified atom stereocenters. The van der Waals surface area contributed by atoms with E-state index in [0.29, 0.717) is 23.7 Å². The van der Waals surface area contributed by atoms with Crippen LogP contribution >= 0.6 is 0 Å². The molecule has 27 heavy (non-hydrogen) atoms. The Morgan fingerprint density at radius 3 is 2.67 bits per heavy atom. The molecule has 0 saturated heterocycles. The van der Waals surface area contributed by atoms with Gasteiger partial charge in [-0.1, -0.05) is 18.2 Å². The molecule has 1 amide bonds. The van der Waals surface area contributed by atoms with Gasteiger partial charge >= 0.3 is 0 Å². The summed E-state index contributed by atoms with van der Waals surface area (Å²) in [6.07, 6.45) is 0.348. The van der Waals surface area contributed by atoms with Gasteiger partial charge in [-0.15, -0.1) is 0 Å². The molecule has 0 saturated carbocycles. The SMILES string of the molecule is Cc1nc(-c2cccc(NC(=O)COc3ccc(CC#N)cc3)c2)oc1C. The molecule has 1 aromatic heterocycles. The fourth-order valence-corrected chi connectivity index (χ4v) is 2.47. The van der Waals surface area contributed by atoms with Crippen LogP contribution in [0, 0.1) is 25.2 Å². The monoisotopic (exact) mass is 361 g/mol. The van der Waals surface area contributed by atoms with Gasteiger partial charge in [-0.2, -0.15) is 5.26 Å². The van der Waals surface area contributed by atoms with Crippen LogP contribution in [0.4, 0.5) is 5.69 Å². The molecule has 3 aromatic rings. The van der Waals surface area contributed by atoms with Crippen LogP contribution in [0.5, 0.6) is 5.75 Å². The van der Waals surface area contributed by atoms with Crippen molar-refractivity contribution in [2.45, 2.75) is 20.3 Å². The highest BCUT2D eigenvalue weighted by molar-refractivity contribution is 5.92. The van der Waals surface area contributed by atoms with E-state index < -0.39 is 0 Å². The number of nitrogens with zero attached hydrogens (tertiary/aromatic N) is 2. The van der Waals surface area contributed by atoms with Crippen LogP contribution in [0.25, 0.3) is 11.5 Å². The summed E-state index contributed by atoms with van der Waals surface area (Å²) in [6.45, 7) is 3.64. The number of hydrogen-bond acceptors (Lipinski definition) is 5. The van der Waals surface area contributed by atoms with Gasteiger partial charge in [-0.05, 0) is 49.7 Å². The smallest absolute Gasteiger partial charge is 0.262 e. The Balaban J connectivity index is 1.59. The summed E-state index contributed by atoms with van der Waals surface area (Å²) in [5.41, 5.74) is 3.17. The Kier molecular flexibility index (Phi) is 5.53. The van der Waals surface area contributed by atoms with Crippen molar-refractivity contribution < 1.29 is 13.9 Å². The highest BCUT2D eigenvalue weighted by atomic mass is 16.5. The van der Waals surface area contributed by atoms with Crippen LogP contribution in [0.2, 0.25) is 0 Å². The molecule has 136 valence electrons. The van der Waals surface area contributed by atoms with Crippen molar-refractivity contribution in [3.8, 4) is 23.3 Å². The second kappa shape index (κ2) is 8.19. The van der Waals surface area contributed by atoms with Crippen LogP contribution in [0.3, 0.4) is 0 Å². The van der Waals surface area contributed by atoms with Crippen LogP contribution in [0.1, 0.15) is 17.0 Å². The predicted octanol–water partition coefficient (Wildman–Crippen LogP) is 4.04. The van der Waals surface area contributed by atoms with Gasteiger partial charge in [0.05, 0.1) is 18.2 Å². The van der Waals surface area contributed by atoms with Crippen LogP contribution in [0.15, 0.2) is 52.9 Å². The fourth-order valence-electron chi connectivity index (χ4n) is 2.47. The normalized spacial score (nSPS) is 10.3. The van der Waals surface area contributed by atoms with Crippen LogP contribution in [-0.4, -0.2) is 17.5 Å². The highest BCUT2D eigenvalue weighted by Gasteiger charge is 2.10. The zero-order valence-corrected chi connectivity index (χ0v) is 15.2. The molecule has 0 aliphatic rings. The van der Waals surface area contributed by atoms with Gasteiger partial charge in [0.25, 0.3) is 5.91 Å². The van der Waals surface area contributed by atoms with Crippen molar-refractivity contribution in [2.24, 2.45) is 0 Å². The molecule has 2 aromatic carbocycles. The molecule has 0 aliphatic carbocycles. The molecule has 3 rings (SSSR count). The first kappa shape index (κ1) is 18.2. The topological polar surface area (TPSA) is 88.1 Å². The maximum atomic E-state index is 12.1. The number of benzene rings is 2. The van der Waals surface area contributed by atoms with E-state index in [4.69, 9.17) is 14.4 Å². The molecule has 0 atom stereocenters. The first-order valence-electron chi connectivity index (χ1n) is 8.48. The van der Waals surface area contributed by atoms with Crippen molar-refractivity contribution in [1.82, 2.24) is 4.98 Å². The Labute approximate surface area is 157 Å². The summed E-state index contributed by atoms with van der Waals surface area (Å²) in [6, 6.07) is 16.5. The average molecular weight is 361 g/mol. The van der Waals surface area contributed by atoms with Gasteiger partial charge in [0, 0.05) is 11.3 Å². The number of aromatic nitrogens is 1. The second-order valence-electron chi connectivity index (χ2n) is 6.06. The van der Waals surface area contributed by atoms with E-state index in [2.05, 4.69) is 16.4 Å². The number of ether oxygens (including phenoxy) is 1. The van der Waals surface area contributed by atoms with Gasteiger partial charge in [-0.3, -0.25) is 4.79 Å². The number of oxazole rings is 1. The molecule has 1 N–H and O–H groups in total. The van der Waals surface area contributed by atoms with E-state index in [-0.39, 0.29) is 12.5 Å². The van der Waals surface area contributed by atoms with Gasteiger partial charge < -0.3 is 14.5 Å². The largest absolute Gasteiger partial charge is 0.484 e. The lowest BCUT2D eigenvalue weighted by molar-refractivity contribution is -0.118. The molecule has 6 nitrogen and oxygen atoms in total. The first-order valence-corrected chi connectivity index (χ1v) is 8.48. The first-order chi connectivity index (χ1) is 13.0. The number of aryl methyl sites for hydroxylation is 2. The Morgan fingerprint density at radius 1 is 1.22 bits per heavy atom. The highest BCUT2D eigenvalue weighted by Crippen LogP contribution is 2.24. The fraction of sp³-hybridized carbons (Fsp3) is 0.190. The number of nitriles is 1. The van der Waals surface area contributed by atoms with Crippen LogP contribution < -0.4 is 10.1 Å². The van der Waals surface area contributed by atoms with E-state index in [1.807, 2.05) is 26.0 Å². The molecule has 1 heterocycles. The number of anilines is 1. The zero-order chi connectivity index (χ0) is 19.2. The van der Waals surface area contributed by atoms with Gasteiger partial charge in [0.15, 0.2) is 6.61 Å². The van der Waals surface area contributed by atoms with Gasteiger partial charge in [0.2, 0.25) is 5.89 Å². The second-order valence-corrected chi connectivity index (χ2v) is 6.06. The molecule has 0 radical (unpaired) electrons. The summed E-state index contributed by atoms with van der Waals surface area (Å²) < 4.78 is 11.1. The van der Waals surface area contributed by atoms with E-state index in [1.54, 1.807) is 36.4 Å². The summed E-state index contributed by atoms with van der Waals surface area (Å²) in [7, 11) is 0. The molecule has 6 heteroatoms. The lowest BCUT2D eigenvalue weighted by atomic mass is 10.2. The Hall–Kier alpha value is -3.59. The third kappa shape index (κ3) is 4.73. The summed E-state index contributed by atoms with van der Waals surface area (Å²) in [5, 5.41) is 11.5. The lowest BCUT2D eigenvalue weighted by Crippen LogP contribution is -2.20. The van der Waals surface area contributed by atoms with Crippen molar-refractivity contribution >= 4 is 11.6 Å². The summed E-state index contributed by atoms with van der Waals surface area (Å²) in [5.74, 6) is 1.60. The lowest BCUT2D eigenvalue weighted by Gasteiger charge is -2.08. The minimum absolute atomic E-state index is 0.112. The van der Waals surface area contributed by atoms with Crippen molar-refractivity contribution in [1.29, 1.82) is 5.26 Å². The Morgan fingerprint density at radius 2 is 2.00 bits per heavy atom. The predicted molar refractivity (Wildman–Crippen MR) is 101 cm³/mol. The maximum Gasteiger partial charge on any atom is 0.262 e. The number of amides is 1. The average Bonchev–Trinajstić information content (AvgIpc) is 3.00. The third-order valence-electron chi connectivity index (χ3n) is 4.00. The van der Waals surface area contributed by atoms with E-state index in [1.165, 1.54) is 0 Å². The van der Waals surface area contributed by atoms with Crippen LogP contribution in [-0.2, 0) is 11.2 Å². The maximum absolute atomic E-state index is 12.1. The number of rotatable bonds is 6. The standard InChI is InChI=1S/C21H19N3O3/c1-14-15(2)27-21(23-14)17-4-3-5-18(12-17)24-20(25)13-26-19-8-6-16(7-9-19)10-11-22/h3-9,12H,10,13H2,1-2H3,(H,24,25). The van der Waals surface area contributed by atoms with Gasteiger partial charge in [-0.25, -0.2) is 4.98 Å². The van der Waals surface area contributed by atoms with Crippen molar-refractivity contribution in [3.05, 3.63) is 65.5 Å². The van der Waals surface area contributed by atoms with Crippen molar-refractivity contribution in [3.63, 3.8) is 0 Å². The summed E-state index contributed by atoms with van der Waals surface area (Å²) in [4.78, 5) is 16.5. The quantitative estimate of drug-likeness (QED) is 0.716. The molecule has 0 spiro atoms. The zero-order valence-electron chi connectivity index (χ0n) is 15.2. The number of carbonyl (C=O) groups excluding carboxylic acids is 1. The number of hydrogen-bond donors (Lipinski definition) is 1. The van der Waals surface area contributed by atoms with E-state index in [0.717, 1.165) is 22.6 Å². The number of carbonyl (C=O) groups is 1. The minimum atomic E-state index is -0.270. The molecular weight excluding hydrogens is 342 g/mol. The third-order valence-corrected chi connectivity index (χ3v) is 4.00. The molecule has 0 aliphatic heterocycles. The van der Waals surface area contributed by atoms with E-state index in [9.17, 15) is 4.79 Å². The summed E-state index contributed by atoms with van der Waals surface area (Å²) >= 11 is 0. The van der Waals surface area contributed by atoms with Gasteiger partial charge in [0.1, 0.15) is 11.5 Å². The Bertz CT molecular complexity index is 965. The van der Waals surface area contributed by atoms with E-state index >= 15 is 0 Å². The number of nitrogens with one attached hydrogen (secondary N) is 1. The molecule has 0 bridgehead atoms. The molecule has 0 fully saturated rings. The minimum Gasteiger partial charge on any atom is -0.484 e.